The van der Waals surface area contributed by atoms with E-state index in [0.717, 1.165) is 43.2 Å². The summed E-state index contributed by atoms with van der Waals surface area (Å²) in [5.74, 6) is -0.0666. The summed E-state index contributed by atoms with van der Waals surface area (Å²) in [6.07, 6.45) is 6.28. The molecule has 1 aromatic heterocycles. The molecule has 0 radical (unpaired) electrons. The number of esters is 1. The second kappa shape index (κ2) is 10.1. The number of thiophene rings is 1. The monoisotopic (exact) mass is 435 g/mol. The van der Waals surface area contributed by atoms with Gasteiger partial charge in [0.1, 0.15) is 10.8 Å². The fraction of sp³-hybridized carbons (Fsp3) is 0.455. The van der Waals surface area contributed by atoms with Crippen LogP contribution < -0.4 is 10.1 Å². The van der Waals surface area contributed by atoms with E-state index in [-0.39, 0.29) is 18.5 Å². The quantitative estimate of drug-likeness (QED) is 0.603. The van der Waals surface area contributed by atoms with Gasteiger partial charge in [-0.25, -0.2) is 4.79 Å². The average molecular weight is 436 g/mol. The van der Waals surface area contributed by atoms with Gasteiger partial charge in [-0.3, -0.25) is 4.79 Å². The molecule has 0 bridgehead atoms. The Balaban J connectivity index is 1.77. The molecule has 1 N–H and O–H groups in total. The first-order chi connectivity index (χ1) is 14.0. The van der Waals surface area contributed by atoms with Crippen molar-refractivity contribution >= 4 is 39.8 Å². The predicted octanol–water partition coefficient (Wildman–Crippen LogP) is 5.56. The van der Waals surface area contributed by atoms with Crippen LogP contribution in [0.25, 0.3) is 0 Å². The Morgan fingerprint density at radius 3 is 2.66 bits per heavy atom. The number of aryl methyl sites for hydroxylation is 2. The standard InChI is InChI=1S/C22H26ClNO4S/c1-3-27-22(26)20-16-8-6-4-5-7-9-18(16)29-21(20)24-19(25)13-28-17-11-10-15(23)12-14(17)2/h10-12H,3-9,13H2,1-2H3,(H,24,25). The molecule has 0 spiro atoms. The van der Waals surface area contributed by atoms with Gasteiger partial charge < -0.3 is 14.8 Å². The molecule has 7 heteroatoms. The summed E-state index contributed by atoms with van der Waals surface area (Å²) in [5.41, 5.74) is 2.42. The van der Waals surface area contributed by atoms with Gasteiger partial charge in [0, 0.05) is 9.90 Å². The minimum atomic E-state index is -0.365. The van der Waals surface area contributed by atoms with Crippen molar-refractivity contribution in [2.45, 2.75) is 52.4 Å². The fourth-order valence-corrected chi connectivity index (χ4v) is 5.03. The number of carbonyl (C=O) groups excluding carboxylic acids is 2. The number of hydrogen-bond donors (Lipinski definition) is 1. The van der Waals surface area contributed by atoms with Crippen LogP contribution >= 0.6 is 22.9 Å². The lowest BCUT2D eigenvalue weighted by Gasteiger charge is -2.12. The van der Waals surface area contributed by atoms with Crippen LogP contribution in [-0.4, -0.2) is 25.1 Å². The molecule has 0 aliphatic heterocycles. The van der Waals surface area contributed by atoms with Gasteiger partial charge in [-0.1, -0.05) is 24.4 Å². The number of amides is 1. The Labute approximate surface area is 180 Å². The summed E-state index contributed by atoms with van der Waals surface area (Å²) in [7, 11) is 0. The zero-order valence-corrected chi connectivity index (χ0v) is 18.4. The van der Waals surface area contributed by atoms with Crippen molar-refractivity contribution in [2.75, 3.05) is 18.5 Å². The van der Waals surface area contributed by atoms with Gasteiger partial charge in [-0.05, 0) is 68.9 Å². The zero-order valence-electron chi connectivity index (χ0n) is 16.8. The van der Waals surface area contributed by atoms with Gasteiger partial charge >= 0.3 is 5.97 Å². The average Bonchev–Trinajstić information content (AvgIpc) is 2.97. The molecule has 1 amide bonds. The van der Waals surface area contributed by atoms with E-state index in [2.05, 4.69) is 5.32 Å². The second-order valence-electron chi connectivity index (χ2n) is 7.09. The molecule has 5 nitrogen and oxygen atoms in total. The molecule has 1 heterocycles. The third-order valence-electron chi connectivity index (χ3n) is 4.90. The molecule has 1 aliphatic carbocycles. The minimum absolute atomic E-state index is 0.146. The highest BCUT2D eigenvalue weighted by molar-refractivity contribution is 7.17. The number of nitrogens with one attached hydrogen (secondary N) is 1. The highest BCUT2D eigenvalue weighted by Crippen LogP contribution is 2.37. The van der Waals surface area contributed by atoms with Crippen LogP contribution in [0.4, 0.5) is 5.00 Å². The van der Waals surface area contributed by atoms with E-state index in [9.17, 15) is 9.59 Å². The third-order valence-corrected chi connectivity index (χ3v) is 6.34. The summed E-state index contributed by atoms with van der Waals surface area (Å²) >= 11 is 7.44. The molecule has 156 valence electrons. The number of hydrogen-bond acceptors (Lipinski definition) is 5. The molecule has 1 aliphatic rings. The van der Waals surface area contributed by atoms with Crippen LogP contribution in [-0.2, 0) is 22.4 Å². The molecule has 1 aromatic carbocycles. The van der Waals surface area contributed by atoms with Crippen molar-refractivity contribution in [2.24, 2.45) is 0 Å². The Morgan fingerprint density at radius 2 is 1.93 bits per heavy atom. The molecule has 29 heavy (non-hydrogen) atoms. The minimum Gasteiger partial charge on any atom is -0.483 e. The number of rotatable bonds is 6. The van der Waals surface area contributed by atoms with Crippen LogP contribution in [0, 0.1) is 6.92 Å². The summed E-state index contributed by atoms with van der Waals surface area (Å²) in [4.78, 5) is 26.3. The molecule has 2 aromatic rings. The largest absolute Gasteiger partial charge is 0.483 e. The molecule has 0 saturated carbocycles. The van der Waals surface area contributed by atoms with Gasteiger partial charge in [-0.15, -0.1) is 11.3 Å². The molecule has 0 saturated heterocycles. The van der Waals surface area contributed by atoms with Crippen molar-refractivity contribution in [3.8, 4) is 5.75 Å². The van der Waals surface area contributed by atoms with Gasteiger partial charge in [0.2, 0.25) is 0 Å². The Morgan fingerprint density at radius 1 is 1.17 bits per heavy atom. The highest BCUT2D eigenvalue weighted by Gasteiger charge is 2.26. The number of anilines is 1. The molecular weight excluding hydrogens is 410 g/mol. The lowest BCUT2D eigenvalue weighted by atomic mass is 9.96. The van der Waals surface area contributed by atoms with E-state index < -0.39 is 0 Å². The van der Waals surface area contributed by atoms with E-state index >= 15 is 0 Å². The highest BCUT2D eigenvalue weighted by atomic mass is 35.5. The molecular formula is C22H26ClNO4S. The first-order valence-electron chi connectivity index (χ1n) is 10.00. The van der Waals surface area contributed by atoms with E-state index in [4.69, 9.17) is 21.1 Å². The van der Waals surface area contributed by atoms with Crippen LogP contribution in [0.3, 0.4) is 0 Å². The Kier molecular flexibility index (Phi) is 7.56. The smallest absolute Gasteiger partial charge is 0.341 e. The predicted molar refractivity (Wildman–Crippen MR) is 116 cm³/mol. The van der Waals surface area contributed by atoms with E-state index in [1.807, 2.05) is 6.92 Å². The summed E-state index contributed by atoms with van der Waals surface area (Å²) in [6, 6.07) is 5.25. The number of carbonyl (C=O) groups is 2. The van der Waals surface area contributed by atoms with Crippen molar-refractivity contribution < 1.29 is 19.1 Å². The van der Waals surface area contributed by atoms with Crippen LogP contribution in [0.5, 0.6) is 5.75 Å². The number of halogens is 1. The molecule has 0 fully saturated rings. The SMILES string of the molecule is CCOC(=O)c1c(NC(=O)COc2ccc(Cl)cc2C)sc2c1CCCCCC2. The zero-order chi connectivity index (χ0) is 20.8. The van der Waals surface area contributed by atoms with E-state index in [1.54, 1.807) is 25.1 Å². The first-order valence-corrected chi connectivity index (χ1v) is 11.2. The fourth-order valence-electron chi connectivity index (χ4n) is 3.51. The third kappa shape index (κ3) is 5.52. The van der Waals surface area contributed by atoms with E-state index in [0.29, 0.717) is 27.9 Å². The van der Waals surface area contributed by atoms with Gasteiger partial charge in [0.15, 0.2) is 6.61 Å². The van der Waals surface area contributed by atoms with Crippen molar-refractivity contribution in [3.63, 3.8) is 0 Å². The summed E-state index contributed by atoms with van der Waals surface area (Å²) in [6.45, 7) is 3.81. The Bertz CT molecular complexity index is 893. The van der Waals surface area contributed by atoms with Crippen molar-refractivity contribution in [1.82, 2.24) is 0 Å². The van der Waals surface area contributed by atoms with Gasteiger partial charge in [0.05, 0.1) is 12.2 Å². The second-order valence-corrected chi connectivity index (χ2v) is 8.63. The van der Waals surface area contributed by atoms with E-state index in [1.165, 1.54) is 22.6 Å². The lowest BCUT2D eigenvalue weighted by molar-refractivity contribution is -0.118. The molecule has 0 atom stereocenters. The van der Waals surface area contributed by atoms with Gasteiger partial charge in [-0.2, -0.15) is 0 Å². The number of fused-ring (bicyclic) bond motifs is 1. The summed E-state index contributed by atoms with van der Waals surface area (Å²) < 4.78 is 10.9. The van der Waals surface area contributed by atoms with Crippen molar-refractivity contribution in [3.05, 3.63) is 44.8 Å². The van der Waals surface area contributed by atoms with Crippen LogP contribution in [0.2, 0.25) is 5.02 Å². The topological polar surface area (TPSA) is 64.6 Å². The maximum atomic E-state index is 12.6. The molecule has 0 unspecified atom stereocenters. The maximum absolute atomic E-state index is 12.6. The van der Waals surface area contributed by atoms with Crippen molar-refractivity contribution in [1.29, 1.82) is 0 Å². The van der Waals surface area contributed by atoms with Crippen LogP contribution in [0.15, 0.2) is 18.2 Å². The maximum Gasteiger partial charge on any atom is 0.341 e. The summed E-state index contributed by atoms with van der Waals surface area (Å²) in [5, 5.41) is 4.06. The first kappa shape index (κ1) is 21.7. The lowest BCUT2D eigenvalue weighted by Crippen LogP contribution is -2.21. The molecule has 3 rings (SSSR count). The normalized spacial score (nSPS) is 13.8. The van der Waals surface area contributed by atoms with Gasteiger partial charge in [0.25, 0.3) is 5.91 Å². The number of ether oxygens (including phenoxy) is 2. The van der Waals surface area contributed by atoms with Crippen LogP contribution in [0.1, 0.15) is 59.0 Å². The Hall–Kier alpha value is -2.05. The number of benzene rings is 1.